The second kappa shape index (κ2) is 8.29. The van der Waals surface area contributed by atoms with Gasteiger partial charge in [-0.05, 0) is 37.4 Å². The molecule has 2 aromatic heterocycles. The Bertz CT molecular complexity index is 1340. The molecule has 0 aliphatic heterocycles. The van der Waals surface area contributed by atoms with Crippen molar-refractivity contribution >= 4 is 45.0 Å². The Labute approximate surface area is 180 Å². The van der Waals surface area contributed by atoms with Crippen LogP contribution in [-0.2, 0) is 11.3 Å². The number of carbonyl (C=O) groups is 1. The van der Waals surface area contributed by atoms with Crippen molar-refractivity contribution in [1.82, 2.24) is 14.1 Å². The van der Waals surface area contributed by atoms with E-state index in [1.807, 2.05) is 25.3 Å². The Morgan fingerprint density at radius 2 is 1.80 bits per heavy atom. The van der Waals surface area contributed by atoms with E-state index in [2.05, 4.69) is 10.3 Å². The highest BCUT2D eigenvalue weighted by Crippen LogP contribution is 2.25. The van der Waals surface area contributed by atoms with Gasteiger partial charge in [-0.3, -0.25) is 14.2 Å². The van der Waals surface area contributed by atoms with E-state index in [1.165, 1.54) is 27.7 Å². The van der Waals surface area contributed by atoms with Crippen LogP contribution in [0.15, 0.2) is 68.5 Å². The van der Waals surface area contributed by atoms with E-state index in [9.17, 15) is 14.4 Å². The predicted octanol–water partition coefficient (Wildman–Crippen LogP) is 3.28. The summed E-state index contributed by atoms with van der Waals surface area (Å²) in [5.74, 6) is -0.376. The predicted molar refractivity (Wildman–Crippen MR) is 121 cm³/mol. The molecule has 4 aromatic rings. The summed E-state index contributed by atoms with van der Waals surface area (Å²) < 4.78 is 3.33. The number of amides is 1. The molecule has 0 saturated heterocycles. The Kier molecular flexibility index (Phi) is 5.56. The monoisotopic (exact) mass is 438 g/mol. The van der Waals surface area contributed by atoms with Gasteiger partial charge in [-0.15, -0.1) is 11.3 Å². The zero-order valence-corrected chi connectivity index (χ0v) is 17.9. The molecule has 9 heteroatoms. The van der Waals surface area contributed by atoms with E-state index in [0.29, 0.717) is 20.4 Å². The van der Waals surface area contributed by atoms with Gasteiger partial charge in [0.25, 0.3) is 5.56 Å². The highest BCUT2D eigenvalue weighted by atomic mass is 32.2. The number of para-hydroxylation sites is 1. The summed E-state index contributed by atoms with van der Waals surface area (Å²) in [6, 6.07) is 16.0. The molecule has 1 N–H and O–H groups in total. The smallest absolute Gasteiger partial charge is 0.325 e. The van der Waals surface area contributed by atoms with E-state index in [4.69, 9.17) is 0 Å². The van der Waals surface area contributed by atoms with Crippen LogP contribution < -0.4 is 16.6 Å². The van der Waals surface area contributed by atoms with E-state index >= 15 is 0 Å². The van der Waals surface area contributed by atoms with Crippen LogP contribution in [-0.4, -0.2) is 26.3 Å². The minimum Gasteiger partial charge on any atom is -0.325 e. The fourth-order valence-corrected chi connectivity index (χ4v) is 4.52. The first-order valence-electron chi connectivity index (χ1n) is 9.10. The molecule has 0 fully saturated rings. The molecule has 152 valence electrons. The molecule has 0 radical (unpaired) electrons. The van der Waals surface area contributed by atoms with Crippen molar-refractivity contribution < 1.29 is 4.79 Å². The maximum absolute atomic E-state index is 13.2. The number of carbonyl (C=O) groups excluding carboxylic acids is 1. The number of hydrogen-bond acceptors (Lipinski definition) is 6. The second-order valence-electron chi connectivity index (χ2n) is 6.60. The third-order valence-corrected chi connectivity index (χ3v) is 6.51. The van der Waals surface area contributed by atoms with Crippen molar-refractivity contribution in [2.45, 2.75) is 17.8 Å². The Balaban J connectivity index is 1.82. The molecule has 7 nitrogen and oxygen atoms in total. The summed E-state index contributed by atoms with van der Waals surface area (Å²) >= 11 is 2.60. The second-order valence-corrected chi connectivity index (χ2v) is 8.65. The molecule has 0 aliphatic rings. The van der Waals surface area contributed by atoms with Crippen LogP contribution in [0.4, 0.5) is 5.69 Å². The van der Waals surface area contributed by atoms with Crippen molar-refractivity contribution in [3.63, 3.8) is 0 Å². The molecule has 0 saturated carbocycles. The summed E-state index contributed by atoms with van der Waals surface area (Å²) in [5.41, 5.74) is 1.35. The van der Waals surface area contributed by atoms with Crippen molar-refractivity contribution in [2.24, 2.45) is 0 Å². The molecule has 30 heavy (non-hydrogen) atoms. The van der Waals surface area contributed by atoms with Crippen molar-refractivity contribution in [3.05, 3.63) is 81.0 Å². The third kappa shape index (κ3) is 3.81. The lowest BCUT2D eigenvalue weighted by Gasteiger charge is -2.11. The summed E-state index contributed by atoms with van der Waals surface area (Å²) in [6.07, 6.45) is 1.85. The SMILES string of the molecule is CSc1nc2c(s1)c(=O)n(-c1ccccc1)c(=O)n2CC(=O)Nc1ccc(C)cc1. The van der Waals surface area contributed by atoms with Gasteiger partial charge in [0.2, 0.25) is 5.91 Å². The lowest BCUT2D eigenvalue weighted by atomic mass is 10.2. The summed E-state index contributed by atoms with van der Waals surface area (Å²) in [6.45, 7) is 1.70. The molecule has 4 rings (SSSR count). The van der Waals surface area contributed by atoms with E-state index in [0.717, 1.165) is 10.1 Å². The highest BCUT2D eigenvalue weighted by molar-refractivity contribution is 8.00. The minimum atomic E-state index is -0.601. The molecule has 2 heterocycles. The summed E-state index contributed by atoms with van der Waals surface area (Å²) in [4.78, 5) is 43.4. The number of aryl methyl sites for hydroxylation is 1. The molecule has 0 bridgehead atoms. The van der Waals surface area contributed by atoms with Crippen molar-refractivity contribution in [2.75, 3.05) is 11.6 Å². The number of thioether (sulfide) groups is 1. The van der Waals surface area contributed by atoms with Crippen LogP contribution in [0.1, 0.15) is 5.56 Å². The third-order valence-electron chi connectivity index (χ3n) is 4.49. The first kappa shape index (κ1) is 20.1. The van der Waals surface area contributed by atoms with Gasteiger partial charge in [-0.25, -0.2) is 14.3 Å². The first-order valence-corrected chi connectivity index (χ1v) is 11.1. The van der Waals surface area contributed by atoms with Gasteiger partial charge in [0.15, 0.2) is 9.99 Å². The topological polar surface area (TPSA) is 86.0 Å². The van der Waals surface area contributed by atoms with Crippen molar-refractivity contribution in [1.29, 1.82) is 0 Å². The molecule has 0 atom stereocenters. The van der Waals surface area contributed by atoms with Crippen LogP contribution in [0.2, 0.25) is 0 Å². The Morgan fingerprint density at radius 3 is 2.47 bits per heavy atom. The number of rotatable bonds is 5. The number of anilines is 1. The normalized spacial score (nSPS) is 11.0. The number of benzene rings is 2. The quantitative estimate of drug-likeness (QED) is 0.483. The maximum Gasteiger partial charge on any atom is 0.337 e. The Hall–Kier alpha value is -3.17. The minimum absolute atomic E-state index is 0.227. The number of nitrogens with zero attached hydrogens (tertiary/aromatic N) is 3. The molecule has 0 unspecified atom stereocenters. The maximum atomic E-state index is 13.2. The molecule has 0 aliphatic carbocycles. The van der Waals surface area contributed by atoms with Crippen LogP contribution in [0.5, 0.6) is 0 Å². The standard InChI is InChI=1S/C21H18N4O3S2/c1-13-8-10-14(11-9-13)22-16(26)12-24-18-17(30-20(23-18)29-2)19(27)25(21(24)28)15-6-4-3-5-7-15/h3-11H,12H2,1-2H3,(H,22,26). The van der Waals surface area contributed by atoms with E-state index in [-0.39, 0.29) is 18.1 Å². The highest BCUT2D eigenvalue weighted by Gasteiger charge is 2.20. The number of hydrogen-bond donors (Lipinski definition) is 1. The van der Waals surface area contributed by atoms with Gasteiger partial charge in [0.05, 0.1) is 5.69 Å². The lowest BCUT2D eigenvalue weighted by Crippen LogP contribution is -2.40. The van der Waals surface area contributed by atoms with Gasteiger partial charge >= 0.3 is 5.69 Å². The van der Waals surface area contributed by atoms with Crippen LogP contribution in [0, 0.1) is 6.92 Å². The summed E-state index contributed by atoms with van der Waals surface area (Å²) in [7, 11) is 0. The van der Waals surface area contributed by atoms with Crippen LogP contribution in [0.3, 0.4) is 0 Å². The van der Waals surface area contributed by atoms with Gasteiger partial charge in [-0.1, -0.05) is 47.7 Å². The number of fused-ring (bicyclic) bond motifs is 1. The largest absolute Gasteiger partial charge is 0.337 e. The number of aromatic nitrogens is 3. The van der Waals surface area contributed by atoms with Gasteiger partial charge < -0.3 is 5.32 Å². The van der Waals surface area contributed by atoms with Crippen LogP contribution >= 0.6 is 23.1 Å². The zero-order valence-electron chi connectivity index (χ0n) is 16.3. The number of nitrogens with one attached hydrogen (secondary N) is 1. The lowest BCUT2D eigenvalue weighted by molar-refractivity contribution is -0.116. The summed E-state index contributed by atoms with van der Waals surface area (Å²) in [5, 5.41) is 2.79. The van der Waals surface area contributed by atoms with Gasteiger partial charge in [0, 0.05) is 5.69 Å². The van der Waals surface area contributed by atoms with Crippen molar-refractivity contribution in [3.8, 4) is 5.69 Å². The van der Waals surface area contributed by atoms with Gasteiger partial charge in [0.1, 0.15) is 11.2 Å². The van der Waals surface area contributed by atoms with Crippen LogP contribution in [0.25, 0.3) is 16.0 Å². The van der Waals surface area contributed by atoms with Gasteiger partial charge in [-0.2, -0.15) is 0 Å². The van der Waals surface area contributed by atoms with E-state index in [1.54, 1.807) is 42.5 Å². The molecule has 0 spiro atoms. The molecular formula is C21H18N4O3S2. The fraction of sp³-hybridized carbons (Fsp3) is 0.143. The first-order chi connectivity index (χ1) is 14.5. The number of thiazole rings is 1. The molecule has 2 aromatic carbocycles. The average molecular weight is 439 g/mol. The zero-order chi connectivity index (χ0) is 21.3. The molecular weight excluding hydrogens is 420 g/mol. The fourth-order valence-electron chi connectivity index (χ4n) is 3.03. The Morgan fingerprint density at radius 1 is 1.10 bits per heavy atom. The molecule has 1 amide bonds. The average Bonchev–Trinajstić information content (AvgIpc) is 3.19. The van der Waals surface area contributed by atoms with E-state index < -0.39 is 11.2 Å².